The van der Waals surface area contributed by atoms with E-state index in [1.807, 2.05) is 19.2 Å². The molecule has 4 nitrogen and oxygen atoms in total. The zero-order valence-electron chi connectivity index (χ0n) is 11.2. The van der Waals surface area contributed by atoms with Crippen LogP contribution in [-0.4, -0.2) is 35.5 Å². The molecule has 2 aliphatic rings. The summed E-state index contributed by atoms with van der Waals surface area (Å²) in [4.78, 5) is 13.8. The van der Waals surface area contributed by atoms with Gasteiger partial charge in [0.1, 0.15) is 5.75 Å². The minimum absolute atomic E-state index is 0.0465. The van der Waals surface area contributed by atoms with E-state index < -0.39 is 0 Å². The van der Waals surface area contributed by atoms with Crippen molar-refractivity contribution in [3.8, 4) is 5.75 Å². The third-order valence-electron chi connectivity index (χ3n) is 4.27. The summed E-state index contributed by atoms with van der Waals surface area (Å²) in [6, 6.07) is 5.78. The second kappa shape index (κ2) is 4.85. The molecule has 1 aliphatic heterocycles. The van der Waals surface area contributed by atoms with E-state index in [0.29, 0.717) is 5.75 Å². The van der Waals surface area contributed by atoms with Crippen molar-refractivity contribution < 1.29 is 9.90 Å². The fourth-order valence-electron chi connectivity index (χ4n) is 3.19. The van der Waals surface area contributed by atoms with Crippen LogP contribution >= 0.6 is 0 Å². The van der Waals surface area contributed by atoms with Crippen LogP contribution in [0.1, 0.15) is 36.4 Å². The number of amides is 1. The monoisotopic (exact) mass is 260 g/mol. The van der Waals surface area contributed by atoms with E-state index in [0.717, 1.165) is 32.2 Å². The number of nitrogens with zero attached hydrogens (tertiary/aromatic N) is 1. The summed E-state index contributed by atoms with van der Waals surface area (Å²) < 4.78 is 0. The number of phenols is 1. The Morgan fingerprint density at radius 2 is 2.16 bits per heavy atom. The number of carbonyl (C=O) groups excluding carboxylic acids is 1. The zero-order chi connectivity index (χ0) is 13.4. The minimum Gasteiger partial charge on any atom is -0.508 e. The van der Waals surface area contributed by atoms with Crippen LogP contribution in [0.2, 0.25) is 0 Å². The molecule has 1 amide bonds. The van der Waals surface area contributed by atoms with Crippen LogP contribution in [0, 0.1) is 0 Å². The van der Waals surface area contributed by atoms with E-state index in [9.17, 15) is 9.90 Å². The van der Waals surface area contributed by atoms with Crippen molar-refractivity contribution in [1.29, 1.82) is 0 Å². The molecule has 0 radical (unpaired) electrons. The Morgan fingerprint density at radius 1 is 1.32 bits per heavy atom. The number of carbonyl (C=O) groups is 1. The van der Waals surface area contributed by atoms with Crippen LogP contribution in [0.15, 0.2) is 18.2 Å². The number of phenolic OH excluding ortho intramolecular Hbond substituents is 1. The molecule has 1 fully saturated rings. The van der Waals surface area contributed by atoms with E-state index in [-0.39, 0.29) is 18.0 Å². The molecule has 3 rings (SSSR count). The summed E-state index contributed by atoms with van der Waals surface area (Å²) in [5.41, 5.74) is 2.45. The van der Waals surface area contributed by atoms with Gasteiger partial charge in [0, 0.05) is 19.6 Å². The van der Waals surface area contributed by atoms with Crippen molar-refractivity contribution in [2.24, 2.45) is 0 Å². The first-order valence-electron chi connectivity index (χ1n) is 6.98. The summed E-state index contributed by atoms with van der Waals surface area (Å²) in [5.74, 6) is 0.530. The van der Waals surface area contributed by atoms with Gasteiger partial charge < -0.3 is 10.0 Å². The summed E-state index contributed by atoms with van der Waals surface area (Å²) in [5, 5.41) is 13.1. The fraction of sp³-hybridized carbons (Fsp3) is 0.533. The lowest BCUT2D eigenvalue weighted by molar-refractivity contribution is -0.128. The normalized spacial score (nSPS) is 26.6. The number of aromatic hydroxyl groups is 1. The molecule has 0 bridgehead atoms. The minimum atomic E-state index is -0.0465. The summed E-state index contributed by atoms with van der Waals surface area (Å²) in [6.45, 7) is 0.839. The first kappa shape index (κ1) is 12.5. The Kier molecular flexibility index (Phi) is 3.19. The molecule has 1 saturated heterocycles. The maximum Gasteiger partial charge on any atom is 0.239 e. The smallest absolute Gasteiger partial charge is 0.239 e. The van der Waals surface area contributed by atoms with Crippen molar-refractivity contribution in [2.45, 2.75) is 37.8 Å². The Bertz CT molecular complexity index is 501. The molecule has 0 aromatic heterocycles. The van der Waals surface area contributed by atoms with Gasteiger partial charge in [-0.25, -0.2) is 0 Å². The van der Waals surface area contributed by atoms with Crippen LogP contribution < -0.4 is 5.32 Å². The molecule has 102 valence electrons. The number of nitrogens with one attached hydrogen (secondary N) is 1. The SMILES string of the molecule is CN1CCC(NC2CCCc3cc(O)ccc32)C1=O. The number of hydrogen-bond acceptors (Lipinski definition) is 3. The third kappa shape index (κ3) is 2.32. The van der Waals surface area contributed by atoms with Crippen LogP contribution in [-0.2, 0) is 11.2 Å². The highest BCUT2D eigenvalue weighted by atomic mass is 16.3. The van der Waals surface area contributed by atoms with Crippen molar-refractivity contribution in [3.05, 3.63) is 29.3 Å². The first-order chi connectivity index (χ1) is 9.15. The highest BCUT2D eigenvalue weighted by Crippen LogP contribution is 2.32. The average molecular weight is 260 g/mol. The third-order valence-corrected chi connectivity index (χ3v) is 4.27. The number of fused-ring (bicyclic) bond motifs is 1. The van der Waals surface area contributed by atoms with Gasteiger partial charge in [0.15, 0.2) is 0 Å². The standard InChI is InChI=1S/C15H20N2O2/c1-17-8-7-14(15(17)19)16-13-4-2-3-10-9-11(18)5-6-12(10)13/h5-6,9,13-14,16,18H,2-4,7-8H2,1H3. The zero-order valence-corrected chi connectivity index (χ0v) is 11.2. The Labute approximate surface area is 113 Å². The molecule has 0 saturated carbocycles. The predicted molar refractivity (Wildman–Crippen MR) is 73.0 cm³/mol. The second-order valence-corrected chi connectivity index (χ2v) is 5.60. The molecule has 2 N–H and O–H groups in total. The van der Waals surface area contributed by atoms with Gasteiger partial charge in [-0.3, -0.25) is 10.1 Å². The lowest BCUT2D eigenvalue weighted by Crippen LogP contribution is -2.40. The van der Waals surface area contributed by atoms with Crippen molar-refractivity contribution in [2.75, 3.05) is 13.6 Å². The van der Waals surface area contributed by atoms with Crippen molar-refractivity contribution in [1.82, 2.24) is 10.2 Å². The van der Waals surface area contributed by atoms with Crippen LogP contribution in [0.4, 0.5) is 0 Å². The van der Waals surface area contributed by atoms with E-state index in [1.165, 1.54) is 11.1 Å². The van der Waals surface area contributed by atoms with Gasteiger partial charge in [0.05, 0.1) is 6.04 Å². The molecule has 1 aromatic carbocycles. The van der Waals surface area contributed by atoms with Gasteiger partial charge in [-0.1, -0.05) is 6.07 Å². The summed E-state index contributed by atoms with van der Waals surface area (Å²) >= 11 is 0. The van der Waals surface area contributed by atoms with Crippen molar-refractivity contribution >= 4 is 5.91 Å². The number of aryl methyl sites for hydroxylation is 1. The van der Waals surface area contributed by atoms with Crippen LogP contribution in [0.25, 0.3) is 0 Å². The molecule has 4 heteroatoms. The van der Waals surface area contributed by atoms with Crippen LogP contribution in [0.3, 0.4) is 0 Å². The highest BCUT2D eigenvalue weighted by molar-refractivity contribution is 5.83. The predicted octanol–water partition coefficient (Wildman–Crippen LogP) is 1.59. The molecule has 1 aromatic rings. The molecular weight excluding hydrogens is 240 g/mol. The molecule has 2 unspecified atom stereocenters. The highest BCUT2D eigenvalue weighted by Gasteiger charge is 2.32. The van der Waals surface area contributed by atoms with Gasteiger partial charge in [-0.2, -0.15) is 0 Å². The molecular formula is C15H20N2O2. The lowest BCUT2D eigenvalue weighted by Gasteiger charge is -2.28. The molecule has 1 heterocycles. The first-order valence-corrected chi connectivity index (χ1v) is 6.98. The Balaban J connectivity index is 1.79. The van der Waals surface area contributed by atoms with Gasteiger partial charge >= 0.3 is 0 Å². The average Bonchev–Trinajstić information content (AvgIpc) is 2.71. The Hall–Kier alpha value is -1.55. The molecule has 2 atom stereocenters. The lowest BCUT2D eigenvalue weighted by atomic mass is 9.87. The fourth-order valence-corrected chi connectivity index (χ4v) is 3.19. The number of rotatable bonds is 2. The van der Waals surface area contributed by atoms with E-state index in [2.05, 4.69) is 5.32 Å². The van der Waals surface area contributed by atoms with Gasteiger partial charge in [-0.05, 0) is 48.9 Å². The number of likely N-dealkylation sites (N-methyl/N-ethyl adjacent to an activating group) is 1. The van der Waals surface area contributed by atoms with E-state index >= 15 is 0 Å². The summed E-state index contributed by atoms with van der Waals surface area (Å²) in [6.07, 6.45) is 4.07. The topological polar surface area (TPSA) is 52.6 Å². The number of hydrogen-bond donors (Lipinski definition) is 2. The Morgan fingerprint density at radius 3 is 2.89 bits per heavy atom. The quantitative estimate of drug-likeness (QED) is 0.849. The van der Waals surface area contributed by atoms with E-state index in [1.54, 1.807) is 11.0 Å². The van der Waals surface area contributed by atoms with Gasteiger partial charge in [0.2, 0.25) is 5.91 Å². The molecule has 19 heavy (non-hydrogen) atoms. The maximum atomic E-state index is 12.0. The van der Waals surface area contributed by atoms with E-state index in [4.69, 9.17) is 0 Å². The number of benzene rings is 1. The van der Waals surface area contributed by atoms with Gasteiger partial charge in [-0.15, -0.1) is 0 Å². The van der Waals surface area contributed by atoms with Crippen LogP contribution in [0.5, 0.6) is 5.75 Å². The van der Waals surface area contributed by atoms with Crippen molar-refractivity contribution in [3.63, 3.8) is 0 Å². The molecule has 1 aliphatic carbocycles. The largest absolute Gasteiger partial charge is 0.508 e. The summed E-state index contributed by atoms with van der Waals surface area (Å²) in [7, 11) is 1.86. The molecule has 0 spiro atoms. The van der Waals surface area contributed by atoms with Gasteiger partial charge in [0.25, 0.3) is 0 Å². The second-order valence-electron chi connectivity index (χ2n) is 5.60. The maximum absolute atomic E-state index is 12.0. The number of likely N-dealkylation sites (tertiary alicyclic amines) is 1.